The summed E-state index contributed by atoms with van der Waals surface area (Å²) >= 11 is 0. The zero-order valence-corrected chi connectivity index (χ0v) is 14.3. The van der Waals surface area contributed by atoms with Gasteiger partial charge >= 0.3 is 5.97 Å². The first kappa shape index (κ1) is 15.5. The molecule has 4 nitrogen and oxygen atoms in total. The minimum absolute atomic E-state index is 0.236. The molecule has 1 N–H and O–H groups in total. The molecule has 3 aromatic carbocycles. The van der Waals surface area contributed by atoms with E-state index in [0.717, 1.165) is 21.7 Å². The molecule has 4 heteroatoms. The summed E-state index contributed by atoms with van der Waals surface area (Å²) in [5, 5.41) is 13.6. The maximum atomic E-state index is 12.3. The van der Waals surface area contributed by atoms with Gasteiger partial charge in [0.1, 0.15) is 0 Å². The van der Waals surface area contributed by atoms with Crippen LogP contribution in [0.5, 0.6) is 0 Å². The van der Waals surface area contributed by atoms with Crippen molar-refractivity contribution in [3.05, 3.63) is 84.6 Å². The predicted octanol–water partition coefficient (Wildman–Crippen LogP) is 5.30. The van der Waals surface area contributed by atoms with Gasteiger partial charge in [-0.15, -0.1) is 0 Å². The van der Waals surface area contributed by atoms with E-state index < -0.39 is 5.97 Å². The molecule has 0 saturated carbocycles. The van der Waals surface area contributed by atoms with E-state index in [0.29, 0.717) is 22.2 Å². The molecule has 2 aromatic heterocycles. The quantitative estimate of drug-likeness (QED) is 0.439. The fourth-order valence-corrected chi connectivity index (χ4v) is 3.60. The third-order valence-corrected chi connectivity index (χ3v) is 4.85. The van der Waals surface area contributed by atoms with Crippen LogP contribution in [0.1, 0.15) is 10.4 Å². The first-order valence-corrected chi connectivity index (χ1v) is 8.62. The van der Waals surface area contributed by atoms with Gasteiger partial charge in [0, 0.05) is 22.5 Å². The van der Waals surface area contributed by atoms with Gasteiger partial charge in [0.15, 0.2) is 0 Å². The lowest BCUT2D eigenvalue weighted by molar-refractivity contribution is 0.0700. The maximum absolute atomic E-state index is 12.3. The van der Waals surface area contributed by atoms with E-state index in [1.165, 1.54) is 0 Å². The summed E-state index contributed by atoms with van der Waals surface area (Å²) in [5.41, 5.74) is 2.85. The summed E-state index contributed by atoms with van der Waals surface area (Å²) in [5.74, 6) is -0.983. The number of aromatic nitrogens is 2. The third-order valence-electron chi connectivity index (χ3n) is 4.85. The summed E-state index contributed by atoms with van der Waals surface area (Å²) < 4.78 is 0. The average molecular weight is 350 g/mol. The third kappa shape index (κ3) is 2.42. The first-order chi connectivity index (χ1) is 13.2. The van der Waals surface area contributed by atoms with Crippen LogP contribution in [0.2, 0.25) is 0 Å². The lowest BCUT2D eigenvalue weighted by Crippen LogP contribution is -2.03. The highest BCUT2D eigenvalue weighted by molar-refractivity contribution is 6.18. The molecule has 0 unspecified atom stereocenters. The molecule has 0 aliphatic heterocycles. The molecule has 0 amide bonds. The number of hydrogen-bond donors (Lipinski definition) is 1. The molecule has 0 saturated heterocycles. The van der Waals surface area contributed by atoms with E-state index in [1.54, 1.807) is 6.20 Å². The Morgan fingerprint density at radius 1 is 0.778 bits per heavy atom. The Morgan fingerprint density at radius 2 is 1.52 bits per heavy atom. The van der Waals surface area contributed by atoms with Crippen molar-refractivity contribution in [2.75, 3.05) is 0 Å². The smallest absolute Gasteiger partial charge is 0.337 e. The second-order valence-corrected chi connectivity index (χ2v) is 6.42. The van der Waals surface area contributed by atoms with Gasteiger partial charge in [-0.05, 0) is 29.0 Å². The number of para-hydroxylation sites is 1. The van der Waals surface area contributed by atoms with E-state index in [9.17, 15) is 9.90 Å². The monoisotopic (exact) mass is 350 g/mol. The van der Waals surface area contributed by atoms with Crippen LogP contribution >= 0.6 is 0 Å². The van der Waals surface area contributed by atoms with Gasteiger partial charge in [-0.1, -0.05) is 54.6 Å². The van der Waals surface area contributed by atoms with Gasteiger partial charge in [-0.25, -0.2) is 9.78 Å². The molecule has 0 aliphatic carbocycles. The Kier molecular flexibility index (Phi) is 3.37. The molecule has 5 aromatic rings. The molecule has 0 spiro atoms. The zero-order valence-electron chi connectivity index (χ0n) is 14.3. The molecule has 0 bridgehead atoms. The molecule has 5 rings (SSSR count). The fraction of sp³-hybridized carbons (Fsp3) is 0. The number of benzene rings is 3. The topological polar surface area (TPSA) is 63.1 Å². The minimum atomic E-state index is -0.983. The standard InChI is InChI=1S/C23H14N2O2/c26-23(27)22-17(19-11-10-15-6-2-4-8-18(15)25-19)13-24-20-12-9-14-5-1-3-7-16(14)21(20)22/h1-13H,(H,26,27). The van der Waals surface area contributed by atoms with Crippen molar-refractivity contribution in [2.45, 2.75) is 0 Å². The number of pyridine rings is 2. The maximum Gasteiger partial charge on any atom is 0.337 e. The Balaban J connectivity index is 1.90. The molecule has 2 heterocycles. The molecule has 128 valence electrons. The Labute approximate surface area is 154 Å². The van der Waals surface area contributed by atoms with Gasteiger partial charge in [0.05, 0.1) is 22.3 Å². The molecule has 0 atom stereocenters. The molecule has 0 radical (unpaired) electrons. The van der Waals surface area contributed by atoms with Crippen LogP contribution < -0.4 is 0 Å². The van der Waals surface area contributed by atoms with Crippen LogP contribution in [0, 0.1) is 0 Å². The highest BCUT2D eigenvalue weighted by Gasteiger charge is 2.19. The van der Waals surface area contributed by atoms with Crippen molar-refractivity contribution in [3.63, 3.8) is 0 Å². The molecular formula is C23H14N2O2. The van der Waals surface area contributed by atoms with Crippen LogP contribution in [-0.4, -0.2) is 21.0 Å². The predicted molar refractivity (Wildman–Crippen MR) is 107 cm³/mol. The van der Waals surface area contributed by atoms with E-state index in [2.05, 4.69) is 9.97 Å². The summed E-state index contributed by atoms with van der Waals surface area (Å²) in [6.07, 6.45) is 1.61. The fourth-order valence-electron chi connectivity index (χ4n) is 3.60. The van der Waals surface area contributed by atoms with Crippen LogP contribution in [-0.2, 0) is 0 Å². The number of carbonyl (C=O) groups is 1. The van der Waals surface area contributed by atoms with E-state index in [-0.39, 0.29) is 5.56 Å². The lowest BCUT2D eigenvalue weighted by Gasteiger charge is -2.12. The number of fused-ring (bicyclic) bond motifs is 4. The van der Waals surface area contributed by atoms with E-state index >= 15 is 0 Å². The number of carboxylic acids is 1. The van der Waals surface area contributed by atoms with Gasteiger partial charge in [-0.2, -0.15) is 0 Å². The number of rotatable bonds is 2. The second kappa shape index (κ2) is 5.88. The van der Waals surface area contributed by atoms with E-state index in [1.807, 2.05) is 72.8 Å². The highest BCUT2D eigenvalue weighted by atomic mass is 16.4. The van der Waals surface area contributed by atoms with Crippen molar-refractivity contribution in [3.8, 4) is 11.3 Å². The minimum Gasteiger partial charge on any atom is -0.478 e. The van der Waals surface area contributed by atoms with Crippen LogP contribution in [0.15, 0.2) is 79.0 Å². The van der Waals surface area contributed by atoms with Crippen molar-refractivity contribution in [1.29, 1.82) is 0 Å². The highest BCUT2D eigenvalue weighted by Crippen LogP contribution is 2.33. The number of carboxylic acid groups (broad SMARTS) is 1. The lowest BCUT2D eigenvalue weighted by atomic mass is 9.96. The Bertz CT molecular complexity index is 1360. The number of hydrogen-bond acceptors (Lipinski definition) is 3. The summed E-state index contributed by atoms with van der Waals surface area (Å²) in [7, 11) is 0. The summed E-state index contributed by atoms with van der Waals surface area (Å²) in [6.45, 7) is 0. The van der Waals surface area contributed by atoms with Crippen molar-refractivity contribution >= 4 is 38.5 Å². The van der Waals surface area contributed by atoms with E-state index in [4.69, 9.17) is 0 Å². The van der Waals surface area contributed by atoms with Crippen LogP contribution in [0.3, 0.4) is 0 Å². The molecule has 27 heavy (non-hydrogen) atoms. The van der Waals surface area contributed by atoms with Crippen molar-refractivity contribution in [2.24, 2.45) is 0 Å². The Hall–Kier alpha value is -3.79. The normalized spacial score (nSPS) is 11.3. The number of nitrogens with zero attached hydrogens (tertiary/aromatic N) is 2. The molecular weight excluding hydrogens is 336 g/mol. The summed E-state index contributed by atoms with van der Waals surface area (Å²) in [6, 6.07) is 23.2. The largest absolute Gasteiger partial charge is 0.478 e. The molecule has 0 aliphatic rings. The zero-order chi connectivity index (χ0) is 18.4. The van der Waals surface area contributed by atoms with Crippen molar-refractivity contribution in [1.82, 2.24) is 9.97 Å². The summed E-state index contributed by atoms with van der Waals surface area (Å²) in [4.78, 5) is 21.5. The van der Waals surface area contributed by atoms with Gasteiger partial charge in [0.25, 0.3) is 0 Å². The average Bonchev–Trinajstić information content (AvgIpc) is 2.72. The first-order valence-electron chi connectivity index (χ1n) is 8.62. The SMILES string of the molecule is O=C(O)c1c(-c2ccc3ccccc3n2)cnc2ccc3ccccc3c12. The van der Waals surface area contributed by atoms with Gasteiger partial charge in [0.2, 0.25) is 0 Å². The van der Waals surface area contributed by atoms with Crippen molar-refractivity contribution < 1.29 is 9.90 Å². The van der Waals surface area contributed by atoms with Crippen LogP contribution in [0.25, 0.3) is 43.8 Å². The van der Waals surface area contributed by atoms with Crippen LogP contribution in [0.4, 0.5) is 0 Å². The Morgan fingerprint density at radius 3 is 2.37 bits per heavy atom. The van der Waals surface area contributed by atoms with Gasteiger partial charge < -0.3 is 5.11 Å². The molecule has 0 fully saturated rings. The number of aromatic carboxylic acids is 1. The van der Waals surface area contributed by atoms with Gasteiger partial charge in [-0.3, -0.25) is 4.98 Å². The second-order valence-electron chi connectivity index (χ2n) is 6.42.